The van der Waals surface area contributed by atoms with Crippen molar-refractivity contribution in [3.05, 3.63) is 33.9 Å². The largest absolute Gasteiger partial charge is 0.462 e. The smallest absolute Gasteiger partial charge is 0.340 e. The van der Waals surface area contributed by atoms with Crippen LogP contribution in [0.4, 0.5) is 11.4 Å². The lowest BCUT2D eigenvalue weighted by Gasteiger charge is -2.16. The summed E-state index contributed by atoms with van der Waals surface area (Å²) in [6.45, 7) is 1.95. The van der Waals surface area contributed by atoms with Crippen molar-refractivity contribution in [2.45, 2.75) is 38.6 Å². The van der Waals surface area contributed by atoms with E-state index in [1.165, 1.54) is 25.0 Å². The number of nitrogens with zero attached hydrogens (tertiary/aromatic N) is 1. The van der Waals surface area contributed by atoms with Crippen LogP contribution in [0.2, 0.25) is 0 Å². The van der Waals surface area contributed by atoms with Crippen LogP contribution < -0.4 is 5.32 Å². The number of rotatable bonds is 5. The van der Waals surface area contributed by atoms with Crippen molar-refractivity contribution in [2.75, 3.05) is 11.9 Å². The quantitative estimate of drug-likeness (QED) is 0.508. The van der Waals surface area contributed by atoms with E-state index in [0.29, 0.717) is 11.7 Å². The molecular formula is C14H18N2O4. The molecule has 1 aliphatic carbocycles. The van der Waals surface area contributed by atoms with Crippen molar-refractivity contribution in [1.29, 1.82) is 0 Å². The molecule has 0 aliphatic heterocycles. The first-order valence-corrected chi connectivity index (χ1v) is 6.84. The van der Waals surface area contributed by atoms with E-state index >= 15 is 0 Å². The number of nitro groups is 1. The highest BCUT2D eigenvalue weighted by atomic mass is 16.6. The fourth-order valence-electron chi connectivity index (χ4n) is 2.44. The molecule has 0 saturated heterocycles. The molecule has 0 aromatic heterocycles. The summed E-state index contributed by atoms with van der Waals surface area (Å²) in [6.07, 6.45) is 4.44. The maximum atomic E-state index is 11.9. The fraction of sp³-hybridized carbons (Fsp3) is 0.500. The molecule has 6 nitrogen and oxygen atoms in total. The van der Waals surface area contributed by atoms with E-state index in [1.807, 2.05) is 0 Å². The number of nitrogens with one attached hydrogen (secondary N) is 1. The van der Waals surface area contributed by atoms with Gasteiger partial charge in [-0.05, 0) is 25.8 Å². The van der Waals surface area contributed by atoms with Gasteiger partial charge in [-0.25, -0.2) is 4.79 Å². The molecule has 0 bridgehead atoms. The zero-order valence-electron chi connectivity index (χ0n) is 11.4. The molecule has 6 heteroatoms. The van der Waals surface area contributed by atoms with Crippen LogP contribution in [0.3, 0.4) is 0 Å². The van der Waals surface area contributed by atoms with Gasteiger partial charge in [0.1, 0.15) is 0 Å². The highest BCUT2D eigenvalue weighted by molar-refractivity contribution is 5.96. The molecule has 0 heterocycles. The lowest BCUT2D eigenvalue weighted by atomic mass is 10.1. The van der Waals surface area contributed by atoms with Crippen LogP contribution >= 0.6 is 0 Å². The number of nitro benzene ring substituents is 1. The number of anilines is 1. The van der Waals surface area contributed by atoms with Crippen molar-refractivity contribution in [1.82, 2.24) is 0 Å². The molecule has 20 heavy (non-hydrogen) atoms. The minimum absolute atomic E-state index is 0.106. The van der Waals surface area contributed by atoms with Crippen LogP contribution in [0.1, 0.15) is 43.0 Å². The van der Waals surface area contributed by atoms with E-state index in [2.05, 4.69) is 5.32 Å². The molecule has 0 amide bonds. The van der Waals surface area contributed by atoms with Gasteiger partial charge in [-0.3, -0.25) is 10.1 Å². The summed E-state index contributed by atoms with van der Waals surface area (Å²) in [5.41, 5.74) is 0.735. The van der Waals surface area contributed by atoms with Gasteiger partial charge in [0.2, 0.25) is 0 Å². The maximum Gasteiger partial charge on any atom is 0.340 e. The maximum absolute atomic E-state index is 11.9. The second-order valence-electron chi connectivity index (χ2n) is 4.83. The number of esters is 1. The highest BCUT2D eigenvalue weighted by Crippen LogP contribution is 2.27. The van der Waals surface area contributed by atoms with Gasteiger partial charge in [-0.1, -0.05) is 12.8 Å². The number of benzene rings is 1. The average molecular weight is 278 g/mol. The van der Waals surface area contributed by atoms with E-state index in [9.17, 15) is 14.9 Å². The average Bonchev–Trinajstić information content (AvgIpc) is 2.92. The standard InChI is InChI=1S/C14H18N2O4/c1-2-20-14(17)12-9-11(16(18)19)7-8-13(12)15-10-5-3-4-6-10/h7-10,15H,2-6H2,1H3. The van der Waals surface area contributed by atoms with Crippen molar-refractivity contribution >= 4 is 17.3 Å². The van der Waals surface area contributed by atoms with Gasteiger partial charge in [0.15, 0.2) is 0 Å². The molecule has 1 aliphatic rings. The van der Waals surface area contributed by atoms with E-state index in [1.54, 1.807) is 13.0 Å². The molecule has 108 valence electrons. The molecule has 0 atom stereocenters. The third-order valence-corrected chi connectivity index (χ3v) is 3.42. The van der Waals surface area contributed by atoms with E-state index < -0.39 is 10.9 Å². The van der Waals surface area contributed by atoms with E-state index in [0.717, 1.165) is 12.8 Å². The van der Waals surface area contributed by atoms with Crippen LogP contribution in [-0.4, -0.2) is 23.5 Å². The zero-order chi connectivity index (χ0) is 14.5. The Balaban J connectivity index is 2.28. The molecular weight excluding hydrogens is 260 g/mol. The summed E-state index contributed by atoms with van der Waals surface area (Å²) in [4.78, 5) is 22.2. The normalized spacial score (nSPS) is 15.1. The lowest BCUT2D eigenvalue weighted by molar-refractivity contribution is -0.384. The number of non-ortho nitro benzene ring substituents is 1. The fourth-order valence-corrected chi connectivity index (χ4v) is 2.44. The van der Waals surface area contributed by atoms with E-state index in [4.69, 9.17) is 4.74 Å². The SMILES string of the molecule is CCOC(=O)c1cc([N+](=O)[O-])ccc1NC1CCCC1. The van der Waals surface area contributed by atoms with Gasteiger partial charge < -0.3 is 10.1 Å². The Morgan fingerprint density at radius 2 is 2.15 bits per heavy atom. The van der Waals surface area contributed by atoms with Crippen LogP contribution in [0, 0.1) is 10.1 Å². The van der Waals surface area contributed by atoms with Gasteiger partial charge in [0.05, 0.1) is 17.1 Å². The van der Waals surface area contributed by atoms with Crippen LogP contribution in [-0.2, 0) is 4.74 Å². The monoisotopic (exact) mass is 278 g/mol. The Morgan fingerprint density at radius 3 is 2.75 bits per heavy atom. The number of carbonyl (C=O) groups is 1. The molecule has 1 N–H and O–H groups in total. The highest BCUT2D eigenvalue weighted by Gasteiger charge is 2.21. The van der Waals surface area contributed by atoms with E-state index in [-0.39, 0.29) is 17.9 Å². The zero-order valence-corrected chi connectivity index (χ0v) is 11.4. The first-order chi connectivity index (χ1) is 9.61. The van der Waals surface area contributed by atoms with Gasteiger partial charge in [-0.15, -0.1) is 0 Å². The van der Waals surface area contributed by atoms with Gasteiger partial charge in [0.25, 0.3) is 5.69 Å². The number of carbonyl (C=O) groups excluding carboxylic acids is 1. The Kier molecular flexibility index (Phi) is 4.55. The molecule has 1 fully saturated rings. The first kappa shape index (κ1) is 14.3. The van der Waals surface area contributed by atoms with Gasteiger partial charge in [0, 0.05) is 23.9 Å². The van der Waals surface area contributed by atoms with Gasteiger partial charge in [-0.2, -0.15) is 0 Å². The van der Waals surface area contributed by atoms with Crippen LogP contribution in [0.15, 0.2) is 18.2 Å². The molecule has 0 unspecified atom stereocenters. The minimum Gasteiger partial charge on any atom is -0.462 e. The predicted octanol–water partition coefficient (Wildman–Crippen LogP) is 3.13. The molecule has 1 aromatic rings. The lowest BCUT2D eigenvalue weighted by Crippen LogP contribution is -2.18. The molecule has 0 radical (unpaired) electrons. The molecule has 1 aromatic carbocycles. The predicted molar refractivity (Wildman–Crippen MR) is 74.9 cm³/mol. The summed E-state index contributed by atoms with van der Waals surface area (Å²) < 4.78 is 4.97. The minimum atomic E-state index is -0.531. The van der Waals surface area contributed by atoms with Gasteiger partial charge >= 0.3 is 5.97 Å². The molecule has 2 rings (SSSR count). The third-order valence-electron chi connectivity index (χ3n) is 3.42. The first-order valence-electron chi connectivity index (χ1n) is 6.84. The summed E-state index contributed by atoms with van der Waals surface area (Å²) in [6, 6.07) is 4.59. The van der Waals surface area contributed by atoms with Crippen molar-refractivity contribution in [2.24, 2.45) is 0 Å². The molecule has 0 spiro atoms. The van der Waals surface area contributed by atoms with Crippen molar-refractivity contribution in [3.63, 3.8) is 0 Å². The summed E-state index contributed by atoms with van der Waals surface area (Å²) in [5.74, 6) is -0.531. The molecule has 1 saturated carbocycles. The van der Waals surface area contributed by atoms with Crippen molar-refractivity contribution < 1.29 is 14.5 Å². The summed E-state index contributed by atoms with van der Waals surface area (Å²) in [5, 5.41) is 14.1. The number of hydrogen-bond donors (Lipinski definition) is 1. The Labute approximate surface area is 117 Å². The Bertz CT molecular complexity index is 510. The van der Waals surface area contributed by atoms with Crippen LogP contribution in [0.5, 0.6) is 0 Å². The Hall–Kier alpha value is -2.11. The summed E-state index contributed by atoms with van der Waals surface area (Å²) in [7, 11) is 0. The second kappa shape index (κ2) is 6.36. The third kappa shape index (κ3) is 3.26. The Morgan fingerprint density at radius 1 is 1.45 bits per heavy atom. The number of hydrogen-bond acceptors (Lipinski definition) is 5. The van der Waals surface area contributed by atoms with Crippen LogP contribution in [0.25, 0.3) is 0 Å². The summed E-state index contributed by atoms with van der Waals surface area (Å²) >= 11 is 0. The second-order valence-corrected chi connectivity index (χ2v) is 4.83. The topological polar surface area (TPSA) is 81.5 Å². The number of ether oxygens (including phenoxy) is 1. The van der Waals surface area contributed by atoms with Crippen molar-refractivity contribution in [3.8, 4) is 0 Å².